The number of ether oxygens (including phenoxy) is 1. The summed E-state index contributed by atoms with van der Waals surface area (Å²) < 4.78 is 5.37. The monoisotopic (exact) mass is 443 g/mol. The molecule has 0 spiro atoms. The number of guanidine groups is 1. The zero-order chi connectivity index (χ0) is 22.3. The Kier molecular flexibility index (Phi) is 7.57. The standard InChI is InChI=1S/C23H33N5O4/c29-22(26-13-15-32-16-14-26)19-9-11-27(12-10-19)23(25-20-3-1-2-4-20)24-17-18-5-7-21(8-6-18)28(30)31/h5-8,19-20H,1-4,9-17H2,(H,24,25). The number of aliphatic imine (C=N–C) groups is 1. The molecule has 2 saturated heterocycles. The van der Waals surface area contributed by atoms with Gasteiger partial charge in [-0.15, -0.1) is 0 Å². The summed E-state index contributed by atoms with van der Waals surface area (Å²) >= 11 is 0. The summed E-state index contributed by atoms with van der Waals surface area (Å²) in [5.41, 5.74) is 1.03. The van der Waals surface area contributed by atoms with Gasteiger partial charge in [-0.1, -0.05) is 25.0 Å². The highest BCUT2D eigenvalue weighted by atomic mass is 16.6. The number of nitro benzene ring substituents is 1. The van der Waals surface area contributed by atoms with E-state index in [1.807, 2.05) is 4.90 Å². The molecule has 9 heteroatoms. The molecule has 1 amide bonds. The number of rotatable bonds is 5. The summed E-state index contributed by atoms with van der Waals surface area (Å²) in [7, 11) is 0. The molecule has 1 aromatic rings. The third kappa shape index (κ3) is 5.76. The Labute approximate surface area is 189 Å². The van der Waals surface area contributed by atoms with E-state index in [1.54, 1.807) is 12.1 Å². The van der Waals surface area contributed by atoms with Gasteiger partial charge in [-0.3, -0.25) is 14.9 Å². The molecule has 1 aliphatic carbocycles. The highest BCUT2D eigenvalue weighted by Gasteiger charge is 2.31. The molecule has 0 unspecified atom stereocenters. The van der Waals surface area contributed by atoms with E-state index < -0.39 is 0 Å². The van der Waals surface area contributed by atoms with Gasteiger partial charge in [0.15, 0.2) is 5.96 Å². The van der Waals surface area contributed by atoms with Gasteiger partial charge >= 0.3 is 0 Å². The summed E-state index contributed by atoms with van der Waals surface area (Å²) in [5, 5.41) is 14.5. The Bertz CT molecular complexity index is 808. The van der Waals surface area contributed by atoms with Crippen molar-refractivity contribution in [2.75, 3.05) is 39.4 Å². The number of hydrogen-bond donors (Lipinski definition) is 1. The predicted octanol–water partition coefficient (Wildman–Crippen LogP) is 2.55. The van der Waals surface area contributed by atoms with Crippen LogP contribution in [0.3, 0.4) is 0 Å². The van der Waals surface area contributed by atoms with Crippen LogP contribution in [0.15, 0.2) is 29.3 Å². The van der Waals surface area contributed by atoms with Crippen LogP contribution in [0, 0.1) is 16.0 Å². The van der Waals surface area contributed by atoms with Crippen LogP contribution in [0.25, 0.3) is 0 Å². The molecule has 0 aromatic heterocycles. The first-order valence-corrected chi connectivity index (χ1v) is 11.8. The largest absolute Gasteiger partial charge is 0.378 e. The highest BCUT2D eigenvalue weighted by molar-refractivity contribution is 5.82. The molecule has 2 aliphatic heterocycles. The number of hydrogen-bond acceptors (Lipinski definition) is 5. The minimum Gasteiger partial charge on any atom is -0.378 e. The predicted molar refractivity (Wildman–Crippen MR) is 121 cm³/mol. The molecule has 0 bridgehead atoms. The fourth-order valence-electron chi connectivity index (χ4n) is 4.76. The molecule has 9 nitrogen and oxygen atoms in total. The third-order valence-electron chi connectivity index (χ3n) is 6.71. The molecule has 32 heavy (non-hydrogen) atoms. The first-order chi connectivity index (χ1) is 15.6. The number of likely N-dealkylation sites (tertiary alicyclic amines) is 1. The Morgan fingerprint density at radius 2 is 1.69 bits per heavy atom. The molecule has 1 aromatic carbocycles. The van der Waals surface area contributed by atoms with Crippen LogP contribution < -0.4 is 5.32 Å². The molecule has 3 aliphatic rings. The summed E-state index contributed by atoms with van der Waals surface area (Å²) in [6, 6.07) is 7.03. The Hall–Kier alpha value is -2.68. The fraction of sp³-hybridized carbons (Fsp3) is 0.652. The number of morpholine rings is 1. The van der Waals surface area contributed by atoms with Gasteiger partial charge in [-0.25, -0.2) is 4.99 Å². The van der Waals surface area contributed by atoms with E-state index in [9.17, 15) is 14.9 Å². The van der Waals surface area contributed by atoms with Gasteiger partial charge in [0.1, 0.15) is 0 Å². The molecule has 3 fully saturated rings. The van der Waals surface area contributed by atoms with E-state index in [1.165, 1.54) is 25.0 Å². The second-order valence-electron chi connectivity index (χ2n) is 8.89. The molecule has 1 N–H and O–H groups in total. The SMILES string of the molecule is O=C(C1CCN(C(=NCc2ccc([N+](=O)[O-])cc2)NC2CCCC2)CC1)N1CCOCC1. The minimum absolute atomic E-state index is 0.0757. The van der Waals surface area contributed by atoms with Gasteiger partial charge in [0.2, 0.25) is 5.91 Å². The maximum Gasteiger partial charge on any atom is 0.269 e. The van der Waals surface area contributed by atoms with Crippen molar-refractivity contribution in [1.29, 1.82) is 0 Å². The van der Waals surface area contributed by atoms with Crippen LogP contribution in [-0.2, 0) is 16.1 Å². The van der Waals surface area contributed by atoms with Crippen LogP contribution in [0.2, 0.25) is 0 Å². The second kappa shape index (κ2) is 10.8. The molecule has 0 atom stereocenters. The maximum absolute atomic E-state index is 12.9. The molecule has 1 saturated carbocycles. The van der Waals surface area contributed by atoms with Gasteiger partial charge in [0.05, 0.1) is 24.7 Å². The number of nitrogens with zero attached hydrogens (tertiary/aromatic N) is 4. The summed E-state index contributed by atoms with van der Waals surface area (Å²) in [5.74, 6) is 1.24. The first-order valence-electron chi connectivity index (χ1n) is 11.8. The number of carbonyl (C=O) groups is 1. The van der Waals surface area contributed by atoms with E-state index in [0.29, 0.717) is 38.9 Å². The number of piperidine rings is 1. The molecular formula is C23H33N5O4. The fourth-order valence-corrected chi connectivity index (χ4v) is 4.76. The summed E-state index contributed by atoms with van der Waals surface area (Å²) in [6.07, 6.45) is 6.45. The van der Waals surface area contributed by atoms with Crippen molar-refractivity contribution >= 4 is 17.6 Å². The number of benzene rings is 1. The van der Waals surface area contributed by atoms with Crippen LogP contribution in [-0.4, -0.2) is 72.0 Å². The number of nitrogens with one attached hydrogen (secondary N) is 1. The first kappa shape index (κ1) is 22.5. The Balaban J connectivity index is 1.38. The van der Waals surface area contributed by atoms with Gasteiger partial charge in [-0.2, -0.15) is 0 Å². The number of nitro groups is 1. The van der Waals surface area contributed by atoms with Crippen LogP contribution in [0.4, 0.5) is 5.69 Å². The van der Waals surface area contributed by atoms with Crippen molar-refractivity contribution in [2.24, 2.45) is 10.9 Å². The molecule has 4 rings (SSSR count). The van der Waals surface area contributed by atoms with Gasteiger partial charge in [0, 0.05) is 50.3 Å². The van der Waals surface area contributed by atoms with Crippen molar-refractivity contribution in [2.45, 2.75) is 51.1 Å². The normalized spacial score (nSPS) is 21.1. The lowest BCUT2D eigenvalue weighted by Gasteiger charge is -2.37. The zero-order valence-electron chi connectivity index (χ0n) is 18.6. The molecular weight excluding hydrogens is 410 g/mol. The van der Waals surface area contributed by atoms with Crippen molar-refractivity contribution in [3.8, 4) is 0 Å². The van der Waals surface area contributed by atoms with Gasteiger partial charge in [0.25, 0.3) is 5.69 Å². The summed E-state index contributed by atoms with van der Waals surface area (Å²) in [4.78, 5) is 32.4. The average molecular weight is 444 g/mol. The molecule has 0 radical (unpaired) electrons. The number of non-ortho nitro benzene ring substituents is 1. The van der Waals surface area contributed by atoms with Crippen molar-refractivity contribution in [1.82, 2.24) is 15.1 Å². The third-order valence-corrected chi connectivity index (χ3v) is 6.71. The van der Waals surface area contributed by atoms with E-state index in [4.69, 9.17) is 9.73 Å². The summed E-state index contributed by atoms with van der Waals surface area (Å²) in [6.45, 7) is 4.75. The number of amides is 1. The van der Waals surface area contributed by atoms with Crippen molar-refractivity contribution in [3.05, 3.63) is 39.9 Å². The van der Waals surface area contributed by atoms with Crippen molar-refractivity contribution < 1.29 is 14.5 Å². The second-order valence-corrected chi connectivity index (χ2v) is 8.89. The molecule has 2 heterocycles. The van der Waals surface area contributed by atoms with E-state index in [2.05, 4.69) is 10.2 Å². The average Bonchev–Trinajstić information content (AvgIpc) is 3.35. The highest BCUT2D eigenvalue weighted by Crippen LogP contribution is 2.23. The Morgan fingerprint density at radius 1 is 1.03 bits per heavy atom. The lowest BCUT2D eigenvalue weighted by Crippen LogP contribution is -2.51. The van der Waals surface area contributed by atoms with Gasteiger partial charge < -0.3 is 19.9 Å². The van der Waals surface area contributed by atoms with Crippen LogP contribution in [0.1, 0.15) is 44.1 Å². The van der Waals surface area contributed by atoms with E-state index in [-0.39, 0.29) is 22.4 Å². The van der Waals surface area contributed by atoms with Crippen LogP contribution >= 0.6 is 0 Å². The topological polar surface area (TPSA) is 100 Å². The lowest BCUT2D eigenvalue weighted by molar-refractivity contribution is -0.384. The zero-order valence-corrected chi connectivity index (χ0v) is 18.6. The van der Waals surface area contributed by atoms with Crippen molar-refractivity contribution in [3.63, 3.8) is 0 Å². The van der Waals surface area contributed by atoms with Gasteiger partial charge in [-0.05, 0) is 31.2 Å². The number of carbonyl (C=O) groups excluding carboxylic acids is 1. The van der Waals surface area contributed by atoms with Crippen LogP contribution in [0.5, 0.6) is 0 Å². The lowest BCUT2D eigenvalue weighted by atomic mass is 9.95. The Morgan fingerprint density at radius 3 is 2.31 bits per heavy atom. The quantitative estimate of drug-likeness (QED) is 0.325. The van der Waals surface area contributed by atoms with E-state index in [0.717, 1.165) is 50.3 Å². The maximum atomic E-state index is 12.9. The smallest absolute Gasteiger partial charge is 0.269 e. The minimum atomic E-state index is -0.386. The molecule has 174 valence electrons. The van der Waals surface area contributed by atoms with E-state index >= 15 is 0 Å².